The van der Waals surface area contributed by atoms with E-state index in [4.69, 9.17) is 0 Å². The van der Waals surface area contributed by atoms with Gasteiger partial charge in [-0.2, -0.15) is 0 Å². The lowest BCUT2D eigenvalue weighted by Gasteiger charge is -2.20. The Kier molecular flexibility index (Phi) is 7.68. The summed E-state index contributed by atoms with van der Waals surface area (Å²) in [5.74, 6) is 0. The summed E-state index contributed by atoms with van der Waals surface area (Å²) >= 11 is 0. The largest absolute Gasteiger partial charge is 0.314 e. The average molecular weight is 263 g/mol. The van der Waals surface area contributed by atoms with E-state index in [-0.39, 0.29) is 0 Å². The zero-order chi connectivity index (χ0) is 14.1. The first-order chi connectivity index (χ1) is 9.15. The number of aryl methyl sites for hydroxylation is 1. The van der Waals surface area contributed by atoms with E-state index in [0.29, 0.717) is 6.04 Å². The van der Waals surface area contributed by atoms with Crippen LogP contribution in [0, 0.1) is 0 Å². The molecule has 3 nitrogen and oxygen atoms in total. The van der Waals surface area contributed by atoms with Crippen LogP contribution in [-0.2, 0) is 12.8 Å². The second-order valence-electron chi connectivity index (χ2n) is 5.46. The molecule has 1 aromatic heterocycles. The number of nitrogens with zero attached hydrogens (tertiary/aromatic N) is 2. The molecule has 0 aromatic carbocycles. The minimum atomic E-state index is 0.530. The molecule has 0 aliphatic carbocycles. The smallest absolute Gasteiger partial charge is 0.0419 e. The van der Waals surface area contributed by atoms with Gasteiger partial charge in [0.15, 0.2) is 0 Å². The number of pyridine rings is 1. The molecular weight excluding hydrogens is 234 g/mol. The first kappa shape index (κ1) is 16.1. The van der Waals surface area contributed by atoms with Crippen LogP contribution in [0.3, 0.4) is 0 Å². The molecule has 0 amide bonds. The summed E-state index contributed by atoms with van der Waals surface area (Å²) in [6, 6.07) is 4.91. The van der Waals surface area contributed by atoms with Crippen LogP contribution in [0.4, 0.5) is 0 Å². The highest BCUT2D eigenvalue weighted by atomic mass is 15.1. The van der Waals surface area contributed by atoms with Crippen molar-refractivity contribution in [1.82, 2.24) is 15.2 Å². The number of hydrogen-bond acceptors (Lipinski definition) is 3. The zero-order valence-corrected chi connectivity index (χ0v) is 12.9. The molecule has 0 radical (unpaired) electrons. The summed E-state index contributed by atoms with van der Waals surface area (Å²) in [4.78, 5) is 6.82. The van der Waals surface area contributed by atoms with Gasteiger partial charge in [-0.1, -0.05) is 19.9 Å². The third-order valence-electron chi connectivity index (χ3n) is 3.36. The molecule has 3 heteroatoms. The fourth-order valence-electron chi connectivity index (χ4n) is 2.08. The summed E-state index contributed by atoms with van der Waals surface area (Å²) in [7, 11) is 4.26. The highest BCUT2D eigenvalue weighted by molar-refractivity contribution is 5.14. The lowest BCUT2D eigenvalue weighted by atomic mass is 10.1. The molecule has 0 fully saturated rings. The second-order valence-corrected chi connectivity index (χ2v) is 5.46. The van der Waals surface area contributed by atoms with Gasteiger partial charge >= 0.3 is 0 Å². The molecule has 0 aliphatic heterocycles. The standard InChI is InChI=1S/C16H29N3/c1-5-10-17-16(9-11-19(3)4)12-15-8-7-14(6-2)13-18-15/h7-8,13,16-17H,5-6,9-12H2,1-4H3. The third kappa shape index (κ3) is 6.69. The van der Waals surface area contributed by atoms with E-state index in [9.17, 15) is 0 Å². The summed E-state index contributed by atoms with van der Waals surface area (Å²) in [6.07, 6.45) is 6.45. The van der Waals surface area contributed by atoms with Gasteiger partial charge in [0.2, 0.25) is 0 Å². The molecule has 0 bridgehead atoms. The number of hydrogen-bond donors (Lipinski definition) is 1. The van der Waals surface area contributed by atoms with Crippen molar-refractivity contribution in [3.8, 4) is 0 Å². The van der Waals surface area contributed by atoms with Crippen molar-refractivity contribution >= 4 is 0 Å². The van der Waals surface area contributed by atoms with Gasteiger partial charge in [0, 0.05) is 24.4 Å². The molecule has 1 unspecified atom stereocenters. The fourth-order valence-corrected chi connectivity index (χ4v) is 2.08. The molecular formula is C16H29N3. The zero-order valence-electron chi connectivity index (χ0n) is 12.9. The molecule has 19 heavy (non-hydrogen) atoms. The molecule has 0 saturated carbocycles. The Hall–Kier alpha value is -0.930. The molecule has 0 spiro atoms. The van der Waals surface area contributed by atoms with Crippen molar-refractivity contribution in [2.75, 3.05) is 27.2 Å². The Balaban J connectivity index is 2.53. The van der Waals surface area contributed by atoms with E-state index in [1.807, 2.05) is 6.20 Å². The Morgan fingerprint density at radius 1 is 1.26 bits per heavy atom. The van der Waals surface area contributed by atoms with E-state index in [2.05, 4.69) is 55.3 Å². The van der Waals surface area contributed by atoms with Crippen molar-refractivity contribution in [3.63, 3.8) is 0 Å². The molecule has 0 saturated heterocycles. The van der Waals surface area contributed by atoms with Crippen LogP contribution >= 0.6 is 0 Å². The fraction of sp³-hybridized carbons (Fsp3) is 0.688. The van der Waals surface area contributed by atoms with Crippen LogP contribution in [0.1, 0.15) is 37.9 Å². The van der Waals surface area contributed by atoms with Gasteiger partial charge < -0.3 is 10.2 Å². The Morgan fingerprint density at radius 3 is 2.58 bits per heavy atom. The van der Waals surface area contributed by atoms with Crippen LogP contribution < -0.4 is 5.32 Å². The van der Waals surface area contributed by atoms with Crippen molar-refractivity contribution in [3.05, 3.63) is 29.6 Å². The van der Waals surface area contributed by atoms with Crippen LogP contribution in [0.15, 0.2) is 18.3 Å². The van der Waals surface area contributed by atoms with E-state index in [1.165, 1.54) is 24.1 Å². The maximum Gasteiger partial charge on any atom is 0.0419 e. The maximum atomic E-state index is 4.57. The van der Waals surface area contributed by atoms with Gasteiger partial charge in [-0.05, 0) is 58.1 Å². The topological polar surface area (TPSA) is 28.2 Å². The molecule has 108 valence electrons. The molecule has 1 aromatic rings. The number of aromatic nitrogens is 1. The number of nitrogens with one attached hydrogen (secondary N) is 1. The SMILES string of the molecule is CCCNC(CCN(C)C)Cc1ccc(CC)cn1. The van der Waals surface area contributed by atoms with Gasteiger partial charge in [-0.25, -0.2) is 0 Å². The maximum absolute atomic E-state index is 4.57. The molecule has 1 N–H and O–H groups in total. The van der Waals surface area contributed by atoms with Gasteiger partial charge in [0.25, 0.3) is 0 Å². The first-order valence-corrected chi connectivity index (χ1v) is 7.47. The van der Waals surface area contributed by atoms with Gasteiger partial charge in [0.05, 0.1) is 0 Å². The Bertz CT molecular complexity index is 332. The summed E-state index contributed by atoms with van der Waals surface area (Å²) < 4.78 is 0. The minimum absolute atomic E-state index is 0.530. The van der Waals surface area contributed by atoms with Gasteiger partial charge in [0.1, 0.15) is 0 Å². The van der Waals surface area contributed by atoms with Crippen molar-refractivity contribution in [2.45, 2.75) is 45.6 Å². The van der Waals surface area contributed by atoms with E-state index in [1.54, 1.807) is 0 Å². The van der Waals surface area contributed by atoms with Crippen LogP contribution in [0.5, 0.6) is 0 Å². The van der Waals surface area contributed by atoms with E-state index < -0.39 is 0 Å². The van der Waals surface area contributed by atoms with Gasteiger partial charge in [-0.15, -0.1) is 0 Å². The molecule has 0 aliphatic rings. The van der Waals surface area contributed by atoms with E-state index in [0.717, 1.165) is 25.9 Å². The summed E-state index contributed by atoms with van der Waals surface area (Å²) in [5.41, 5.74) is 2.51. The Labute approximate surface area is 118 Å². The molecule has 1 heterocycles. The highest BCUT2D eigenvalue weighted by Gasteiger charge is 2.10. The lowest BCUT2D eigenvalue weighted by molar-refractivity contribution is 0.355. The Morgan fingerprint density at radius 2 is 2.05 bits per heavy atom. The van der Waals surface area contributed by atoms with Gasteiger partial charge in [-0.3, -0.25) is 4.98 Å². The summed E-state index contributed by atoms with van der Waals surface area (Å²) in [6.45, 7) is 6.59. The highest BCUT2D eigenvalue weighted by Crippen LogP contribution is 2.06. The van der Waals surface area contributed by atoms with Crippen molar-refractivity contribution < 1.29 is 0 Å². The normalized spacial score (nSPS) is 12.9. The summed E-state index contributed by atoms with van der Waals surface area (Å²) in [5, 5.41) is 3.64. The second kappa shape index (κ2) is 9.05. The van der Waals surface area contributed by atoms with Crippen LogP contribution in [0.25, 0.3) is 0 Å². The predicted octanol–water partition coefficient (Wildman–Crippen LogP) is 2.51. The van der Waals surface area contributed by atoms with Crippen LogP contribution in [-0.4, -0.2) is 43.1 Å². The van der Waals surface area contributed by atoms with E-state index >= 15 is 0 Å². The molecule has 1 atom stereocenters. The number of rotatable bonds is 9. The van der Waals surface area contributed by atoms with Crippen molar-refractivity contribution in [1.29, 1.82) is 0 Å². The first-order valence-electron chi connectivity index (χ1n) is 7.47. The quantitative estimate of drug-likeness (QED) is 0.742. The molecule has 1 rings (SSSR count). The van der Waals surface area contributed by atoms with Crippen LogP contribution in [0.2, 0.25) is 0 Å². The lowest BCUT2D eigenvalue weighted by Crippen LogP contribution is -2.34. The monoisotopic (exact) mass is 263 g/mol. The predicted molar refractivity (Wildman–Crippen MR) is 82.6 cm³/mol. The minimum Gasteiger partial charge on any atom is -0.314 e. The van der Waals surface area contributed by atoms with Crippen molar-refractivity contribution in [2.24, 2.45) is 0 Å². The third-order valence-corrected chi connectivity index (χ3v) is 3.36. The average Bonchev–Trinajstić information content (AvgIpc) is 2.42.